The number of ether oxygens (including phenoxy) is 1. The number of aromatic hydroxyl groups is 1. The zero-order chi connectivity index (χ0) is 14.4. The number of carbonyl (C=O) groups excluding carboxylic acids is 1. The van der Waals surface area contributed by atoms with Crippen molar-refractivity contribution in [1.29, 1.82) is 0 Å². The van der Waals surface area contributed by atoms with Gasteiger partial charge in [0.05, 0.1) is 12.2 Å². The van der Waals surface area contributed by atoms with Crippen molar-refractivity contribution in [1.82, 2.24) is 4.90 Å². The molecule has 104 valence electrons. The summed E-state index contributed by atoms with van der Waals surface area (Å²) in [5, 5.41) is 18.2. The quantitative estimate of drug-likeness (QED) is 0.795. The highest BCUT2D eigenvalue weighted by atomic mass is 19.1. The van der Waals surface area contributed by atoms with Gasteiger partial charge in [-0.2, -0.15) is 0 Å². The molecule has 0 heterocycles. The number of carbonyl (C=O) groups is 2. The maximum atomic E-state index is 12.8. The number of phenols is 1. The third-order valence-corrected chi connectivity index (χ3v) is 2.37. The molecular formula is C12H14FNO5. The van der Waals surface area contributed by atoms with Crippen LogP contribution in [0.5, 0.6) is 5.75 Å². The number of phenolic OH excluding ortho intramolecular Hbond substituents is 1. The maximum Gasteiger partial charge on any atom is 0.323 e. The SMILES string of the molecule is COCCN(CC(=O)O)C(=O)c1ccc(F)cc1O. The molecule has 0 aliphatic heterocycles. The van der Waals surface area contributed by atoms with Crippen LogP contribution in [0.15, 0.2) is 18.2 Å². The maximum absolute atomic E-state index is 12.8. The van der Waals surface area contributed by atoms with Crippen LogP contribution >= 0.6 is 0 Å². The van der Waals surface area contributed by atoms with Gasteiger partial charge in [-0.3, -0.25) is 9.59 Å². The highest BCUT2D eigenvalue weighted by Crippen LogP contribution is 2.19. The molecule has 1 amide bonds. The van der Waals surface area contributed by atoms with Gasteiger partial charge in [-0.05, 0) is 12.1 Å². The number of nitrogens with zero attached hydrogens (tertiary/aromatic N) is 1. The van der Waals surface area contributed by atoms with Crippen LogP contribution in [0, 0.1) is 5.82 Å². The predicted molar refractivity (Wildman–Crippen MR) is 63.5 cm³/mol. The summed E-state index contributed by atoms with van der Waals surface area (Å²) < 4.78 is 17.6. The second kappa shape index (κ2) is 6.69. The first-order chi connectivity index (χ1) is 8.95. The third-order valence-electron chi connectivity index (χ3n) is 2.37. The average Bonchev–Trinajstić information content (AvgIpc) is 2.33. The van der Waals surface area contributed by atoms with E-state index in [1.54, 1.807) is 0 Å². The fourth-order valence-electron chi connectivity index (χ4n) is 1.47. The van der Waals surface area contributed by atoms with Crippen molar-refractivity contribution in [3.63, 3.8) is 0 Å². The Hall–Kier alpha value is -2.15. The molecule has 0 fully saturated rings. The Bertz CT molecular complexity index is 477. The lowest BCUT2D eigenvalue weighted by Crippen LogP contribution is -2.38. The number of carboxylic acids is 1. The lowest BCUT2D eigenvalue weighted by atomic mass is 10.1. The van der Waals surface area contributed by atoms with Gasteiger partial charge in [0, 0.05) is 19.7 Å². The first-order valence-electron chi connectivity index (χ1n) is 5.44. The molecule has 0 saturated carbocycles. The van der Waals surface area contributed by atoms with Gasteiger partial charge < -0.3 is 19.8 Å². The van der Waals surface area contributed by atoms with Gasteiger partial charge in [-0.25, -0.2) is 4.39 Å². The number of methoxy groups -OCH3 is 1. The smallest absolute Gasteiger partial charge is 0.323 e. The molecule has 1 aromatic rings. The molecule has 0 radical (unpaired) electrons. The van der Waals surface area contributed by atoms with E-state index < -0.39 is 30.0 Å². The molecule has 0 aliphatic rings. The minimum Gasteiger partial charge on any atom is -0.507 e. The molecule has 0 bridgehead atoms. The first-order valence-corrected chi connectivity index (χ1v) is 5.44. The lowest BCUT2D eigenvalue weighted by molar-refractivity contribution is -0.137. The predicted octanol–water partition coefficient (Wildman–Crippen LogP) is 0.704. The highest BCUT2D eigenvalue weighted by Gasteiger charge is 2.21. The van der Waals surface area contributed by atoms with E-state index in [0.29, 0.717) is 0 Å². The zero-order valence-corrected chi connectivity index (χ0v) is 10.3. The van der Waals surface area contributed by atoms with Crippen molar-refractivity contribution in [2.75, 3.05) is 26.8 Å². The fraction of sp³-hybridized carbons (Fsp3) is 0.333. The Balaban J connectivity index is 2.93. The molecule has 0 saturated heterocycles. The standard InChI is InChI=1S/C12H14FNO5/c1-19-5-4-14(7-11(16)17)12(18)9-3-2-8(13)6-10(9)15/h2-3,6,15H,4-5,7H2,1H3,(H,16,17). The van der Waals surface area contributed by atoms with E-state index in [-0.39, 0.29) is 18.7 Å². The number of rotatable bonds is 6. The van der Waals surface area contributed by atoms with Gasteiger partial charge in [-0.1, -0.05) is 0 Å². The van der Waals surface area contributed by atoms with Crippen LogP contribution < -0.4 is 0 Å². The summed E-state index contributed by atoms with van der Waals surface area (Å²) >= 11 is 0. The number of halogens is 1. The number of hydrogen-bond donors (Lipinski definition) is 2. The van der Waals surface area contributed by atoms with Crippen molar-refractivity contribution in [2.45, 2.75) is 0 Å². The molecule has 6 nitrogen and oxygen atoms in total. The van der Waals surface area contributed by atoms with Gasteiger partial charge in [0.2, 0.25) is 0 Å². The van der Waals surface area contributed by atoms with Gasteiger partial charge >= 0.3 is 5.97 Å². The zero-order valence-electron chi connectivity index (χ0n) is 10.3. The molecule has 0 unspecified atom stereocenters. The summed E-state index contributed by atoms with van der Waals surface area (Å²) in [4.78, 5) is 23.7. The van der Waals surface area contributed by atoms with Crippen molar-refractivity contribution in [3.05, 3.63) is 29.6 Å². The highest BCUT2D eigenvalue weighted by molar-refractivity contribution is 5.98. The molecule has 7 heteroatoms. The Morgan fingerprint density at radius 3 is 2.63 bits per heavy atom. The van der Waals surface area contributed by atoms with Crippen molar-refractivity contribution in [2.24, 2.45) is 0 Å². The van der Waals surface area contributed by atoms with Crippen LogP contribution in [0.1, 0.15) is 10.4 Å². The van der Waals surface area contributed by atoms with Crippen LogP contribution in [0.2, 0.25) is 0 Å². The van der Waals surface area contributed by atoms with E-state index >= 15 is 0 Å². The molecular weight excluding hydrogens is 257 g/mol. The average molecular weight is 271 g/mol. The topological polar surface area (TPSA) is 87.1 Å². The van der Waals surface area contributed by atoms with Crippen LogP contribution in [0.25, 0.3) is 0 Å². The Kier molecular flexibility index (Phi) is 5.25. The van der Waals surface area contributed by atoms with Crippen LogP contribution in [0.3, 0.4) is 0 Å². The molecule has 0 aliphatic carbocycles. The van der Waals surface area contributed by atoms with E-state index in [2.05, 4.69) is 0 Å². The van der Waals surface area contributed by atoms with Gasteiger partial charge in [-0.15, -0.1) is 0 Å². The Labute approximate surface area is 109 Å². The van der Waals surface area contributed by atoms with Gasteiger partial charge in [0.15, 0.2) is 0 Å². The van der Waals surface area contributed by atoms with E-state index in [1.165, 1.54) is 7.11 Å². The second-order valence-electron chi connectivity index (χ2n) is 3.77. The Morgan fingerprint density at radius 2 is 2.11 bits per heavy atom. The van der Waals surface area contributed by atoms with Crippen LogP contribution in [-0.2, 0) is 9.53 Å². The molecule has 0 atom stereocenters. The Morgan fingerprint density at radius 1 is 1.42 bits per heavy atom. The molecule has 1 aromatic carbocycles. The summed E-state index contributed by atoms with van der Waals surface area (Å²) in [7, 11) is 1.42. The normalized spacial score (nSPS) is 10.2. The number of amides is 1. The summed E-state index contributed by atoms with van der Waals surface area (Å²) in [5.41, 5.74) is -0.154. The minimum atomic E-state index is -1.19. The number of hydrogen-bond acceptors (Lipinski definition) is 4. The summed E-state index contributed by atoms with van der Waals surface area (Å²) in [6, 6.07) is 2.92. The van der Waals surface area contributed by atoms with Crippen LogP contribution in [-0.4, -0.2) is 53.8 Å². The van der Waals surface area contributed by atoms with Gasteiger partial charge in [0.1, 0.15) is 18.1 Å². The van der Waals surface area contributed by atoms with Crippen molar-refractivity contribution in [3.8, 4) is 5.75 Å². The minimum absolute atomic E-state index is 0.0540. The van der Waals surface area contributed by atoms with Gasteiger partial charge in [0.25, 0.3) is 5.91 Å². The monoisotopic (exact) mass is 271 g/mol. The van der Waals surface area contributed by atoms with Crippen molar-refractivity contribution >= 4 is 11.9 Å². The summed E-state index contributed by atoms with van der Waals surface area (Å²) in [6.07, 6.45) is 0. The van der Waals surface area contributed by atoms with E-state index in [1.807, 2.05) is 0 Å². The third kappa shape index (κ3) is 4.22. The molecule has 2 N–H and O–H groups in total. The number of carboxylic acid groups (broad SMARTS) is 1. The van der Waals surface area contributed by atoms with Crippen molar-refractivity contribution < 1.29 is 28.9 Å². The lowest BCUT2D eigenvalue weighted by Gasteiger charge is -2.20. The number of benzene rings is 1. The first kappa shape index (κ1) is 14.9. The summed E-state index contributed by atoms with van der Waals surface area (Å²) in [6.45, 7) is -0.321. The summed E-state index contributed by atoms with van der Waals surface area (Å²) in [5.74, 6) is -3.10. The van der Waals surface area contributed by atoms with E-state index in [4.69, 9.17) is 9.84 Å². The number of aliphatic carboxylic acids is 1. The molecule has 0 spiro atoms. The fourth-order valence-corrected chi connectivity index (χ4v) is 1.47. The largest absolute Gasteiger partial charge is 0.507 e. The van der Waals surface area contributed by atoms with E-state index in [9.17, 15) is 19.1 Å². The van der Waals surface area contributed by atoms with E-state index in [0.717, 1.165) is 23.1 Å². The molecule has 1 rings (SSSR count). The van der Waals surface area contributed by atoms with Crippen LogP contribution in [0.4, 0.5) is 4.39 Å². The molecule has 0 aromatic heterocycles. The molecule has 19 heavy (non-hydrogen) atoms. The second-order valence-corrected chi connectivity index (χ2v) is 3.77.